The summed E-state index contributed by atoms with van der Waals surface area (Å²) in [5.74, 6) is -0.523. The molecule has 2 heterocycles. The third-order valence-electron chi connectivity index (χ3n) is 2.53. The monoisotopic (exact) mass is 242 g/mol. The second kappa shape index (κ2) is 4.27. The van der Waals surface area contributed by atoms with Crippen molar-refractivity contribution in [2.75, 3.05) is 18.0 Å². The quantitative estimate of drug-likeness (QED) is 0.810. The molecule has 5 nitrogen and oxygen atoms in total. The van der Waals surface area contributed by atoms with E-state index in [0.717, 1.165) is 0 Å². The maximum atomic E-state index is 10.7. The first-order valence-corrected chi connectivity index (χ1v) is 5.27. The van der Waals surface area contributed by atoms with Gasteiger partial charge in [-0.2, -0.15) is 0 Å². The largest absolute Gasteiger partial charge is 0.478 e. The third kappa shape index (κ3) is 2.10. The molecular weight excluding hydrogens is 232 g/mol. The van der Waals surface area contributed by atoms with Gasteiger partial charge in [0.1, 0.15) is 5.82 Å². The van der Waals surface area contributed by atoms with Crippen molar-refractivity contribution in [1.29, 1.82) is 0 Å². The molecule has 1 unspecified atom stereocenters. The van der Waals surface area contributed by atoms with Crippen molar-refractivity contribution >= 4 is 23.4 Å². The molecule has 0 aliphatic carbocycles. The Morgan fingerprint density at radius 3 is 2.88 bits per heavy atom. The number of aliphatic hydroxyl groups is 1. The van der Waals surface area contributed by atoms with Crippen LogP contribution >= 0.6 is 11.6 Å². The lowest BCUT2D eigenvalue weighted by Crippen LogP contribution is -2.22. The molecule has 0 spiro atoms. The van der Waals surface area contributed by atoms with Gasteiger partial charge in [-0.05, 0) is 12.5 Å². The van der Waals surface area contributed by atoms with Crippen molar-refractivity contribution in [2.45, 2.75) is 12.5 Å². The molecule has 1 aliphatic heterocycles. The summed E-state index contributed by atoms with van der Waals surface area (Å²) in [6, 6.07) is 1.37. The van der Waals surface area contributed by atoms with Crippen molar-refractivity contribution in [1.82, 2.24) is 4.98 Å². The van der Waals surface area contributed by atoms with Crippen LogP contribution < -0.4 is 4.90 Å². The van der Waals surface area contributed by atoms with Gasteiger partial charge in [0.05, 0.1) is 16.7 Å². The highest BCUT2D eigenvalue weighted by molar-refractivity contribution is 6.33. The van der Waals surface area contributed by atoms with Gasteiger partial charge in [0.2, 0.25) is 0 Å². The van der Waals surface area contributed by atoms with E-state index < -0.39 is 5.97 Å². The molecule has 1 aromatic heterocycles. The average molecular weight is 243 g/mol. The number of carboxylic acids is 1. The SMILES string of the molecule is O=C(O)c1cnc(N2CCC(O)C2)c(Cl)c1. The molecule has 1 aromatic rings. The predicted octanol–water partition coefficient (Wildman–Crippen LogP) is 1.00. The summed E-state index contributed by atoms with van der Waals surface area (Å²) in [6.07, 6.45) is 1.59. The molecule has 0 amide bonds. The molecule has 0 bridgehead atoms. The first-order chi connectivity index (χ1) is 7.58. The maximum Gasteiger partial charge on any atom is 0.337 e. The number of carboxylic acid groups (broad SMARTS) is 1. The zero-order valence-corrected chi connectivity index (χ0v) is 9.18. The lowest BCUT2D eigenvalue weighted by molar-refractivity contribution is 0.0696. The minimum atomic E-state index is -1.05. The van der Waals surface area contributed by atoms with Crippen molar-refractivity contribution in [2.24, 2.45) is 0 Å². The van der Waals surface area contributed by atoms with Gasteiger partial charge in [0, 0.05) is 19.3 Å². The van der Waals surface area contributed by atoms with Crippen LogP contribution in [0.25, 0.3) is 0 Å². The van der Waals surface area contributed by atoms with Gasteiger partial charge in [-0.25, -0.2) is 9.78 Å². The minimum absolute atomic E-state index is 0.0634. The second-order valence-electron chi connectivity index (χ2n) is 3.72. The Hall–Kier alpha value is -1.33. The molecule has 0 saturated carbocycles. The fraction of sp³-hybridized carbons (Fsp3) is 0.400. The maximum absolute atomic E-state index is 10.7. The van der Waals surface area contributed by atoms with Gasteiger partial charge < -0.3 is 15.1 Å². The van der Waals surface area contributed by atoms with Crippen LogP contribution in [0.4, 0.5) is 5.82 Å². The van der Waals surface area contributed by atoms with Gasteiger partial charge in [0.25, 0.3) is 0 Å². The van der Waals surface area contributed by atoms with Gasteiger partial charge in [-0.15, -0.1) is 0 Å². The summed E-state index contributed by atoms with van der Waals surface area (Å²) >= 11 is 5.95. The van der Waals surface area contributed by atoms with Crippen LogP contribution in [-0.4, -0.2) is 40.4 Å². The fourth-order valence-corrected chi connectivity index (χ4v) is 2.00. The van der Waals surface area contributed by atoms with Gasteiger partial charge in [0.15, 0.2) is 0 Å². The highest BCUT2D eigenvalue weighted by Gasteiger charge is 2.23. The first kappa shape index (κ1) is 11.2. The topological polar surface area (TPSA) is 73.7 Å². The molecule has 1 aliphatic rings. The smallest absolute Gasteiger partial charge is 0.337 e. The number of anilines is 1. The standard InChI is InChI=1S/C10H11ClN2O3/c11-8-3-6(10(15)16)4-12-9(8)13-2-1-7(14)5-13/h3-4,7,14H,1-2,5H2,(H,15,16). The fourth-order valence-electron chi connectivity index (χ4n) is 1.71. The molecular formula is C10H11ClN2O3. The first-order valence-electron chi connectivity index (χ1n) is 4.90. The van der Waals surface area contributed by atoms with E-state index in [4.69, 9.17) is 16.7 Å². The summed E-state index contributed by atoms with van der Waals surface area (Å²) in [4.78, 5) is 16.5. The van der Waals surface area contributed by atoms with Crippen molar-refractivity contribution in [3.8, 4) is 0 Å². The number of rotatable bonds is 2. The number of aliphatic hydroxyl groups excluding tert-OH is 1. The third-order valence-corrected chi connectivity index (χ3v) is 2.81. The number of carbonyl (C=O) groups is 1. The molecule has 86 valence electrons. The van der Waals surface area contributed by atoms with Gasteiger partial charge in [-0.1, -0.05) is 11.6 Å². The zero-order chi connectivity index (χ0) is 11.7. The van der Waals surface area contributed by atoms with Crippen LogP contribution in [-0.2, 0) is 0 Å². The molecule has 16 heavy (non-hydrogen) atoms. The highest BCUT2D eigenvalue weighted by Crippen LogP contribution is 2.27. The second-order valence-corrected chi connectivity index (χ2v) is 4.13. The molecule has 0 aromatic carbocycles. The number of nitrogens with zero attached hydrogens (tertiary/aromatic N) is 2. The van der Waals surface area contributed by atoms with Crippen LogP contribution in [0.2, 0.25) is 5.02 Å². The van der Waals surface area contributed by atoms with Crippen molar-refractivity contribution < 1.29 is 15.0 Å². The van der Waals surface area contributed by atoms with Crippen LogP contribution in [0, 0.1) is 0 Å². The van der Waals surface area contributed by atoms with Crippen LogP contribution in [0.1, 0.15) is 16.8 Å². The lowest BCUT2D eigenvalue weighted by Gasteiger charge is -2.17. The summed E-state index contributed by atoms with van der Waals surface area (Å²) in [7, 11) is 0. The summed E-state index contributed by atoms with van der Waals surface area (Å²) in [6.45, 7) is 1.17. The van der Waals surface area contributed by atoms with E-state index in [1.54, 1.807) is 0 Å². The van der Waals surface area contributed by atoms with Crippen molar-refractivity contribution in [3.05, 3.63) is 22.8 Å². The number of hydrogen-bond donors (Lipinski definition) is 2. The van der Waals surface area contributed by atoms with Gasteiger partial charge >= 0.3 is 5.97 Å². The Morgan fingerprint density at radius 2 is 2.38 bits per heavy atom. The van der Waals surface area contributed by atoms with E-state index in [9.17, 15) is 9.90 Å². The van der Waals surface area contributed by atoms with Crippen molar-refractivity contribution in [3.63, 3.8) is 0 Å². The van der Waals surface area contributed by atoms with Crippen LogP contribution in [0.3, 0.4) is 0 Å². The number of hydrogen-bond acceptors (Lipinski definition) is 4. The average Bonchev–Trinajstić information content (AvgIpc) is 2.64. The summed E-state index contributed by atoms with van der Waals surface area (Å²) in [5.41, 5.74) is 0.0634. The zero-order valence-electron chi connectivity index (χ0n) is 8.43. The number of pyridine rings is 1. The predicted molar refractivity (Wildman–Crippen MR) is 59.0 cm³/mol. The molecule has 2 rings (SSSR count). The Balaban J connectivity index is 2.26. The van der Waals surface area contributed by atoms with E-state index in [-0.39, 0.29) is 11.7 Å². The molecule has 1 saturated heterocycles. The van der Waals surface area contributed by atoms with Crippen LogP contribution in [0.5, 0.6) is 0 Å². The molecule has 1 atom stereocenters. The minimum Gasteiger partial charge on any atom is -0.478 e. The van der Waals surface area contributed by atoms with Gasteiger partial charge in [-0.3, -0.25) is 0 Å². The number of halogens is 1. The summed E-state index contributed by atoms with van der Waals surface area (Å²) < 4.78 is 0. The molecule has 6 heteroatoms. The number of aromatic carboxylic acids is 1. The van der Waals surface area contributed by atoms with E-state index in [2.05, 4.69) is 4.98 Å². The molecule has 1 fully saturated rings. The van der Waals surface area contributed by atoms with E-state index in [0.29, 0.717) is 30.4 Å². The Bertz CT molecular complexity index is 425. The lowest BCUT2D eigenvalue weighted by atomic mass is 10.3. The van der Waals surface area contributed by atoms with E-state index in [1.165, 1.54) is 12.3 Å². The Labute approximate surface area is 97.3 Å². The van der Waals surface area contributed by atoms with Crippen LogP contribution in [0.15, 0.2) is 12.3 Å². The number of β-amino-alcohol motifs (C(OH)–C–C–N with tert-alkyl or cyclic N) is 1. The molecule has 0 radical (unpaired) electrons. The highest BCUT2D eigenvalue weighted by atomic mass is 35.5. The van der Waals surface area contributed by atoms with E-state index in [1.807, 2.05) is 4.90 Å². The molecule has 2 N–H and O–H groups in total. The number of aromatic nitrogens is 1. The Morgan fingerprint density at radius 1 is 1.62 bits per heavy atom. The summed E-state index contributed by atoms with van der Waals surface area (Å²) in [5, 5.41) is 18.4. The Kier molecular flexibility index (Phi) is 2.98. The van der Waals surface area contributed by atoms with E-state index >= 15 is 0 Å². The normalized spacial score (nSPS) is 20.1.